The minimum absolute atomic E-state index is 0.0170. The Kier molecular flexibility index (Phi) is 3.71. The number of carbonyl (C=O) groups excluding carboxylic acids is 1. The number of aliphatic hydroxyl groups excluding tert-OH is 2. The average molecular weight is 350 g/mol. The SMILES string of the molecule is C[C@@H]1C2=CC(=O)O[C@]2(O)C[C@@H]2[C@H]1[C@@H](O)C[C@@H]1[C@@](C)(CO)CCC[C@@]21C. The standard InChI is InChI=1S/C20H30O5/c1-11-12-7-16(23)25-20(12,24)9-13-17(11)14(22)8-15-18(2,10-21)5-4-6-19(13,15)3/h7,11,13-15,17,21-22,24H,4-6,8-10H2,1-3H3/t11-,13-,14+,15-,17+,18-,19+,20-/m1/s1. The van der Waals surface area contributed by atoms with Crippen LogP contribution in [0.3, 0.4) is 0 Å². The number of hydrogen-bond acceptors (Lipinski definition) is 5. The molecule has 1 aliphatic heterocycles. The zero-order valence-corrected chi connectivity index (χ0v) is 15.4. The van der Waals surface area contributed by atoms with E-state index in [2.05, 4.69) is 13.8 Å². The van der Waals surface area contributed by atoms with Crippen molar-refractivity contribution in [1.82, 2.24) is 0 Å². The van der Waals surface area contributed by atoms with Crippen molar-refractivity contribution in [1.29, 1.82) is 0 Å². The fourth-order valence-corrected chi connectivity index (χ4v) is 7.01. The molecule has 0 spiro atoms. The normalized spacial score (nSPS) is 54.9. The third kappa shape index (κ3) is 2.22. The van der Waals surface area contributed by atoms with Crippen molar-refractivity contribution < 1.29 is 24.9 Å². The maximum absolute atomic E-state index is 11.8. The van der Waals surface area contributed by atoms with Gasteiger partial charge in [0.2, 0.25) is 5.79 Å². The summed E-state index contributed by atoms with van der Waals surface area (Å²) < 4.78 is 5.30. The molecule has 3 fully saturated rings. The second kappa shape index (κ2) is 5.30. The van der Waals surface area contributed by atoms with Gasteiger partial charge in [0.1, 0.15) is 0 Å². The highest BCUT2D eigenvalue weighted by Gasteiger charge is 2.65. The second-order valence-electron chi connectivity index (χ2n) is 9.51. The van der Waals surface area contributed by atoms with Gasteiger partial charge in [-0.25, -0.2) is 4.79 Å². The van der Waals surface area contributed by atoms with Crippen LogP contribution in [0.5, 0.6) is 0 Å². The summed E-state index contributed by atoms with van der Waals surface area (Å²) in [6.07, 6.45) is 5.00. The molecule has 4 aliphatic rings. The highest BCUT2D eigenvalue weighted by Crippen LogP contribution is 2.66. The van der Waals surface area contributed by atoms with E-state index in [1.165, 1.54) is 6.08 Å². The zero-order chi connectivity index (χ0) is 18.2. The quantitative estimate of drug-likeness (QED) is 0.630. The molecule has 4 rings (SSSR count). The summed E-state index contributed by atoms with van der Waals surface area (Å²) in [7, 11) is 0. The average Bonchev–Trinajstić information content (AvgIpc) is 2.85. The van der Waals surface area contributed by atoms with Gasteiger partial charge < -0.3 is 20.1 Å². The molecular weight excluding hydrogens is 320 g/mol. The molecule has 0 amide bonds. The molecule has 0 saturated heterocycles. The number of fused-ring (bicyclic) bond motifs is 4. The topological polar surface area (TPSA) is 87.0 Å². The molecule has 0 aromatic rings. The van der Waals surface area contributed by atoms with Gasteiger partial charge in [-0.15, -0.1) is 0 Å². The van der Waals surface area contributed by atoms with Crippen molar-refractivity contribution in [3.63, 3.8) is 0 Å². The Morgan fingerprint density at radius 3 is 2.72 bits per heavy atom. The van der Waals surface area contributed by atoms with E-state index in [-0.39, 0.29) is 41.1 Å². The minimum Gasteiger partial charge on any atom is -0.426 e. The van der Waals surface area contributed by atoms with Crippen molar-refractivity contribution in [2.45, 2.75) is 64.8 Å². The first-order valence-corrected chi connectivity index (χ1v) is 9.61. The number of carbonyl (C=O) groups is 1. The molecule has 3 aliphatic carbocycles. The summed E-state index contributed by atoms with van der Waals surface area (Å²) >= 11 is 0. The van der Waals surface area contributed by atoms with E-state index in [1.807, 2.05) is 6.92 Å². The number of rotatable bonds is 1. The molecule has 140 valence electrons. The molecule has 3 N–H and O–H groups in total. The van der Waals surface area contributed by atoms with E-state index in [0.29, 0.717) is 18.4 Å². The van der Waals surface area contributed by atoms with E-state index in [4.69, 9.17) is 4.74 Å². The highest BCUT2D eigenvalue weighted by atomic mass is 16.7. The molecular formula is C20H30O5. The lowest BCUT2D eigenvalue weighted by Gasteiger charge is -2.64. The summed E-state index contributed by atoms with van der Waals surface area (Å²) in [6, 6.07) is 0. The molecule has 25 heavy (non-hydrogen) atoms. The Balaban J connectivity index is 1.78. The Bertz CT molecular complexity index is 630. The Labute approximate surface area is 149 Å². The number of esters is 1. The number of aliphatic hydroxyl groups is 3. The van der Waals surface area contributed by atoms with Gasteiger partial charge in [-0.2, -0.15) is 0 Å². The molecule has 0 unspecified atom stereocenters. The van der Waals surface area contributed by atoms with Gasteiger partial charge in [0.15, 0.2) is 0 Å². The first-order valence-electron chi connectivity index (χ1n) is 9.61. The molecule has 0 bridgehead atoms. The lowest BCUT2D eigenvalue weighted by Crippen LogP contribution is -2.62. The Morgan fingerprint density at radius 2 is 2.04 bits per heavy atom. The molecule has 5 nitrogen and oxygen atoms in total. The summed E-state index contributed by atoms with van der Waals surface area (Å²) in [4.78, 5) is 11.8. The fourth-order valence-electron chi connectivity index (χ4n) is 7.01. The summed E-state index contributed by atoms with van der Waals surface area (Å²) in [5.41, 5.74) is 0.345. The predicted molar refractivity (Wildman–Crippen MR) is 91.2 cm³/mol. The van der Waals surface area contributed by atoms with Gasteiger partial charge in [-0.1, -0.05) is 27.2 Å². The van der Waals surface area contributed by atoms with Gasteiger partial charge >= 0.3 is 5.97 Å². The molecule has 0 radical (unpaired) electrons. The van der Waals surface area contributed by atoms with E-state index < -0.39 is 17.9 Å². The lowest BCUT2D eigenvalue weighted by molar-refractivity contribution is -0.237. The van der Waals surface area contributed by atoms with Crippen LogP contribution in [0.25, 0.3) is 0 Å². The molecule has 0 aromatic heterocycles. The first kappa shape index (κ1) is 17.5. The smallest absolute Gasteiger partial charge is 0.333 e. The van der Waals surface area contributed by atoms with Crippen LogP contribution in [0.4, 0.5) is 0 Å². The minimum atomic E-state index is -1.52. The van der Waals surface area contributed by atoms with Crippen LogP contribution in [0.2, 0.25) is 0 Å². The van der Waals surface area contributed by atoms with Crippen molar-refractivity contribution >= 4 is 5.97 Å². The largest absolute Gasteiger partial charge is 0.426 e. The van der Waals surface area contributed by atoms with Gasteiger partial charge in [0.25, 0.3) is 0 Å². The third-order valence-electron chi connectivity index (χ3n) is 8.25. The van der Waals surface area contributed by atoms with Crippen molar-refractivity contribution in [2.75, 3.05) is 6.61 Å². The summed E-state index contributed by atoms with van der Waals surface area (Å²) in [5, 5.41) is 32.1. The van der Waals surface area contributed by atoms with Gasteiger partial charge in [0.05, 0.1) is 6.10 Å². The molecule has 8 atom stereocenters. The number of hydrogen-bond donors (Lipinski definition) is 3. The summed E-state index contributed by atoms with van der Waals surface area (Å²) in [5.74, 6) is -1.81. The van der Waals surface area contributed by atoms with E-state index in [9.17, 15) is 20.1 Å². The van der Waals surface area contributed by atoms with Crippen LogP contribution < -0.4 is 0 Å². The third-order valence-corrected chi connectivity index (χ3v) is 8.25. The maximum Gasteiger partial charge on any atom is 0.333 e. The van der Waals surface area contributed by atoms with Crippen LogP contribution in [-0.2, 0) is 9.53 Å². The molecule has 1 heterocycles. The van der Waals surface area contributed by atoms with Crippen molar-refractivity contribution in [2.24, 2.45) is 34.5 Å². The van der Waals surface area contributed by atoms with Crippen LogP contribution in [0, 0.1) is 34.5 Å². The van der Waals surface area contributed by atoms with Crippen LogP contribution >= 0.6 is 0 Å². The van der Waals surface area contributed by atoms with Gasteiger partial charge in [-0.05, 0) is 53.8 Å². The predicted octanol–water partition coefficient (Wildman–Crippen LogP) is 2.00. The van der Waals surface area contributed by atoms with Crippen LogP contribution in [0.1, 0.15) is 52.9 Å². The maximum atomic E-state index is 11.8. The van der Waals surface area contributed by atoms with E-state index in [0.717, 1.165) is 19.3 Å². The molecule has 0 aromatic carbocycles. The van der Waals surface area contributed by atoms with Crippen molar-refractivity contribution in [3.05, 3.63) is 11.6 Å². The van der Waals surface area contributed by atoms with Crippen LogP contribution in [-0.4, -0.2) is 39.8 Å². The molecule has 5 heteroatoms. The van der Waals surface area contributed by atoms with E-state index in [1.54, 1.807) is 0 Å². The monoisotopic (exact) mass is 350 g/mol. The van der Waals surface area contributed by atoms with Crippen molar-refractivity contribution in [3.8, 4) is 0 Å². The zero-order valence-electron chi connectivity index (χ0n) is 15.4. The van der Waals surface area contributed by atoms with Crippen LogP contribution in [0.15, 0.2) is 11.6 Å². The fraction of sp³-hybridized carbons (Fsp3) is 0.850. The van der Waals surface area contributed by atoms with E-state index >= 15 is 0 Å². The second-order valence-corrected chi connectivity index (χ2v) is 9.51. The Hall–Kier alpha value is -0.910. The lowest BCUT2D eigenvalue weighted by atomic mass is 9.42. The number of ether oxygens (including phenoxy) is 1. The first-order chi connectivity index (χ1) is 11.6. The van der Waals surface area contributed by atoms with Gasteiger partial charge in [0, 0.05) is 24.7 Å². The van der Waals surface area contributed by atoms with Gasteiger partial charge in [-0.3, -0.25) is 0 Å². The highest BCUT2D eigenvalue weighted by molar-refractivity contribution is 5.86. The molecule has 3 saturated carbocycles. The summed E-state index contributed by atoms with van der Waals surface area (Å²) in [6.45, 7) is 6.51. The Morgan fingerprint density at radius 1 is 1.32 bits per heavy atom.